The number of rotatable bonds is 8. The molecule has 4 nitrogen and oxygen atoms in total. The van der Waals surface area contributed by atoms with Crippen LogP contribution in [0.1, 0.15) is 25.3 Å². The highest BCUT2D eigenvalue weighted by Crippen LogP contribution is 2.15. The first-order valence-electron chi connectivity index (χ1n) is 6.55. The molecule has 0 aliphatic rings. The van der Waals surface area contributed by atoms with Crippen LogP contribution in [-0.4, -0.2) is 33.1 Å². The Balaban J connectivity index is 2.44. The van der Waals surface area contributed by atoms with E-state index in [1.54, 1.807) is 0 Å². The summed E-state index contributed by atoms with van der Waals surface area (Å²) in [6, 6.07) is 7.97. The minimum Gasteiger partial charge on any atom is -0.494 e. The zero-order valence-corrected chi connectivity index (χ0v) is 12.4. The highest BCUT2D eigenvalue weighted by molar-refractivity contribution is 7.90. The molecule has 1 aromatic rings. The van der Waals surface area contributed by atoms with Crippen molar-refractivity contribution in [1.82, 2.24) is 0 Å². The molecule has 19 heavy (non-hydrogen) atoms. The van der Waals surface area contributed by atoms with Crippen LogP contribution in [0.2, 0.25) is 0 Å². The highest BCUT2D eigenvalue weighted by atomic mass is 32.2. The second-order valence-electron chi connectivity index (χ2n) is 4.85. The zero-order chi connectivity index (χ0) is 14.3. The Morgan fingerprint density at radius 1 is 1.37 bits per heavy atom. The van der Waals surface area contributed by atoms with Gasteiger partial charge in [-0.25, -0.2) is 8.42 Å². The molecule has 0 bridgehead atoms. The second kappa shape index (κ2) is 7.50. The Bertz CT molecular complexity index is 485. The first-order valence-corrected chi connectivity index (χ1v) is 8.62. The summed E-state index contributed by atoms with van der Waals surface area (Å²) >= 11 is 0. The molecule has 0 fully saturated rings. The molecule has 1 rings (SSSR count). The molecule has 0 spiro atoms. The molecular weight excluding hydrogens is 262 g/mol. The van der Waals surface area contributed by atoms with Crippen LogP contribution in [-0.2, 0) is 16.3 Å². The molecule has 0 aromatic heterocycles. The van der Waals surface area contributed by atoms with Gasteiger partial charge in [0.2, 0.25) is 0 Å². The number of nitrogens with two attached hydrogens (primary N) is 1. The quantitative estimate of drug-likeness (QED) is 0.739. The summed E-state index contributed by atoms with van der Waals surface area (Å²) in [6.07, 6.45) is 3.52. The Morgan fingerprint density at radius 3 is 2.74 bits per heavy atom. The van der Waals surface area contributed by atoms with Crippen LogP contribution < -0.4 is 10.5 Å². The number of ether oxygens (including phenoxy) is 1. The zero-order valence-electron chi connectivity index (χ0n) is 11.6. The van der Waals surface area contributed by atoms with Crippen molar-refractivity contribution in [3.63, 3.8) is 0 Å². The van der Waals surface area contributed by atoms with Gasteiger partial charge in [0.15, 0.2) is 0 Å². The molecule has 0 heterocycles. The molecular formula is C14H23NO3S. The molecule has 0 radical (unpaired) electrons. The topological polar surface area (TPSA) is 69.4 Å². The molecule has 1 atom stereocenters. The van der Waals surface area contributed by atoms with Gasteiger partial charge in [-0.2, -0.15) is 0 Å². The van der Waals surface area contributed by atoms with Crippen LogP contribution in [0.4, 0.5) is 0 Å². The van der Waals surface area contributed by atoms with Crippen LogP contribution in [0.5, 0.6) is 5.75 Å². The van der Waals surface area contributed by atoms with Crippen molar-refractivity contribution < 1.29 is 13.2 Å². The average Bonchev–Trinajstić information content (AvgIpc) is 2.34. The summed E-state index contributed by atoms with van der Waals surface area (Å²) in [7, 11) is -2.90. The van der Waals surface area contributed by atoms with Gasteiger partial charge >= 0.3 is 0 Å². The van der Waals surface area contributed by atoms with Crippen LogP contribution in [0.3, 0.4) is 0 Å². The monoisotopic (exact) mass is 285 g/mol. The fraction of sp³-hybridized carbons (Fsp3) is 0.571. The highest BCUT2D eigenvalue weighted by Gasteiger charge is 2.04. The molecule has 0 amide bonds. The third-order valence-electron chi connectivity index (χ3n) is 2.85. The molecule has 1 aromatic carbocycles. The molecule has 108 valence electrons. The van der Waals surface area contributed by atoms with Crippen LogP contribution in [0, 0.1) is 0 Å². The van der Waals surface area contributed by atoms with Crippen LogP contribution in [0.15, 0.2) is 24.3 Å². The normalized spacial score (nSPS) is 13.2. The minimum absolute atomic E-state index is 0.160. The van der Waals surface area contributed by atoms with Gasteiger partial charge in [0.1, 0.15) is 15.6 Å². The summed E-state index contributed by atoms with van der Waals surface area (Å²) in [6.45, 7) is 2.48. The van der Waals surface area contributed by atoms with E-state index in [-0.39, 0.29) is 11.8 Å². The van der Waals surface area contributed by atoms with E-state index in [0.717, 1.165) is 24.2 Å². The number of benzene rings is 1. The Labute approximate surface area is 115 Å². The summed E-state index contributed by atoms with van der Waals surface area (Å²) in [5, 5.41) is 0. The Morgan fingerprint density at radius 2 is 2.11 bits per heavy atom. The first-order chi connectivity index (χ1) is 8.90. The van der Waals surface area contributed by atoms with Crippen molar-refractivity contribution in [1.29, 1.82) is 0 Å². The van der Waals surface area contributed by atoms with Crippen molar-refractivity contribution in [3.8, 4) is 5.75 Å². The summed E-state index contributed by atoms with van der Waals surface area (Å²) < 4.78 is 27.5. The van der Waals surface area contributed by atoms with E-state index in [0.29, 0.717) is 13.0 Å². The fourth-order valence-electron chi connectivity index (χ4n) is 1.72. The molecule has 0 saturated carbocycles. The van der Waals surface area contributed by atoms with E-state index in [2.05, 4.69) is 6.92 Å². The lowest BCUT2D eigenvalue weighted by atomic mass is 10.0. The van der Waals surface area contributed by atoms with Gasteiger partial charge in [-0.15, -0.1) is 0 Å². The lowest BCUT2D eigenvalue weighted by Gasteiger charge is -2.11. The standard InChI is InChI=1S/C14H23NO3S/c1-3-13(15)10-12-6-4-7-14(11-12)18-8-5-9-19(2,16)17/h4,6-7,11,13H,3,5,8-10,15H2,1-2H3. The van der Waals surface area contributed by atoms with Gasteiger partial charge in [0.25, 0.3) is 0 Å². The number of hydrogen-bond donors (Lipinski definition) is 1. The van der Waals surface area contributed by atoms with Gasteiger partial charge < -0.3 is 10.5 Å². The molecule has 2 N–H and O–H groups in total. The maximum Gasteiger partial charge on any atom is 0.147 e. The second-order valence-corrected chi connectivity index (χ2v) is 7.11. The van der Waals surface area contributed by atoms with E-state index >= 15 is 0 Å². The SMILES string of the molecule is CCC(N)Cc1cccc(OCCCS(C)(=O)=O)c1. The van der Waals surface area contributed by atoms with Gasteiger partial charge in [-0.3, -0.25) is 0 Å². The van der Waals surface area contributed by atoms with Crippen LogP contribution >= 0.6 is 0 Å². The Kier molecular flexibility index (Phi) is 6.31. The lowest BCUT2D eigenvalue weighted by Crippen LogP contribution is -2.21. The number of sulfone groups is 1. The van der Waals surface area contributed by atoms with E-state index in [1.807, 2.05) is 24.3 Å². The minimum atomic E-state index is -2.90. The van der Waals surface area contributed by atoms with E-state index in [1.165, 1.54) is 6.26 Å². The molecule has 0 aliphatic heterocycles. The summed E-state index contributed by atoms with van der Waals surface area (Å²) in [5.74, 6) is 0.933. The lowest BCUT2D eigenvalue weighted by molar-refractivity contribution is 0.317. The predicted octanol–water partition coefficient (Wildman–Crippen LogP) is 1.78. The third-order valence-corrected chi connectivity index (χ3v) is 3.88. The average molecular weight is 285 g/mol. The van der Waals surface area contributed by atoms with Gasteiger partial charge in [0, 0.05) is 12.3 Å². The van der Waals surface area contributed by atoms with Crippen molar-refractivity contribution in [3.05, 3.63) is 29.8 Å². The van der Waals surface area contributed by atoms with Crippen molar-refractivity contribution >= 4 is 9.84 Å². The molecule has 1 unspecified atom stereocenters. The maximum absolute atomic E-state index is 11.0. The van der Waals surface area contributed by atoms with Crippen molar-refractivity contribution in [2.75, 3.05) is 18.6 Å². The maximum atomic E-state index is 11.0. The number of hydrogen-bond acceptors (Lipinski definition) is 4. The molecule has 0 aliphatic carbocycles. The van der Waals surface area contributed by atoms with Crippen LogP contribution in [0.25, 0.3) is 0 Å². The summed E-state index contributed by atoms with van der Waals surface area (Å²) in [4.78, 5) is 0. The summed E-state index contributed by atoms with van der Waals surface area (Å²) in [5.41, 5.74) is 7.07. The van der Waals surface area contributed by atoms with E-state index in [4.69, 9.17) is 10.5 Å². The van der Waals surface area contributed by atoms with Gasteiger partial charge in [-0.1, -0.05) is 19.1 Å². The predicted molar refractivity (Wildman–Crippen MR) is 78.2 cm³/mol. The third kappa shape index (κ3) is 7.18. The first kappa shape index (κ1) is 16.0. The van der Waals surface area contributed by atoms with Crippen molar-refractivity contribution in [2.24, 2.45) is 5.73 Å². The molecule has 0 saturated heterocycles. The fourth-order valence-corrected chi connectivity index (χ4v) is 2.36. The van der Waals surface area contributed by atoms with E-state index < -0.39 is 9.84 Å². The molecule has 5 heteroatoms. The largest absolute Gasteiger partial charge is 0.494 e. The van der Waals surface area contributed by atoms with Gasteiger partial charge in [-0.05, 0) is 37.0 Å². The Hall–Kier alpha value is -1.07. The van der Waals surface area contributed by atoms with E-state index in [9.17, 15) is 8.42 Å². The van der Waals surface area contributed by atoms with Gasteiger partial charge in [0.05, 0.1) is 12.4 Å². The smallest absolute Gasteiger partial charge is 0.147 e. The van der Waals surface area contributed by atoms with Crippen molar-refractivity contribution in [2.45, 2.75) is 32.2 Å².